The Bertz CT molecular complexity index is 926. The predicted molar refractivity (Wildman–Crippen MR) is 97.6 cm³/mol. The van der Waals surface area contributed by atoms with Crippen LogP contribution in [0.5, 0.6) is 5.75 Å². The Morgan fingerprint density at radius 1 is 1.03 bits per heavy atom. The maximum atomic E-state index is 12.8. The normalized spacial score (nSPS) is 11.9. The van der Waals surface area contributed by atoms with Gasteiger partial charge in [-0.3, -0.25) is 4.79 Å². The molecule has 0 saturated carbocycles. The molecule has 0 atom stereocenters. The molecule has 0 aliphatic carbocycles. The first-order valence-corrected chi connectivity index (χ1v) is 10.2. The van der Waals surface area contributed by atoms with Gasteiger partial charge in [0.15, 0.2) is 9.84 Å². The minimum atomic E-state index is -4.58. The van der Waals surface area contributed by atoms with Crippen molar-refractivity contribution in [2.45, 2.75) is 17.5 Å². The number of carbonyl (C=O) groups excluding carboxylic acids is 1. The van der Waals surface area contributed by atoms with Gasteiger partial charge in [0.1, 0.15) is 17.3 Å². The number of hydrogen-bond donors (Lipinski definition) is 0. The van der Waals surface area contributed by atoms with Crippen LogP contribution in [-0.4, -0.2) is 45.2 Å². The van der Waals surface area contributed by atoms with Gasteiger partial charge < -0.3 is 9.64 Å². The van der Waals surface area contributed by atoms with Gasteiger partial charge in [0.2, 0.25) is 5.91 Å². The molecule has 2 aromatic rings. The van der Waals surface area contributed by atoms with E-state index in [2.05, 4.69) is 0 Å². The molecule has 0 N–H and O–H groups in total. The van der Waals surface area contributed by atoms with Crippen molar-refractivity contribution in [3.8, 4) is 5.75 Å². The molecule has 0 aromatic heterocycles. The average molecular weight is 433 g/mol. The molecule has 0 saturated heterocycles. The smallest absolute Gasteiger partial charge is 0.416 e. The first-order valence-electron chi connectivity index (χ1n) is 8.51. The third kappa shape index (κ3) is 6.74. The number of halogens is 4. The van der Waals surface area contributed by atoms with E-state index in [1.165, 1.54) is 36.2 Å². The van der Waals surface area contributed by atoms with Crippen LogP contribution in [0.3, 0.4) is 0 Å². The van der Waals surface area contributed by atoms with E-state index in [1.54, 1.807) is 0 Å². The van der Waals surface area contributed by atoms with Gasteiger partial charge in [0.25, 0.3) is 0 Å². The number of carbonyl (C=O) groups is 1. The summed E-state index contributed by atoms with van der Waals surface area (Å²) in [7, 11) is -2.65. The lowest BCUT2D eigenvalue weighted by atomic mass is 10.2. The Hall–Kier alpha value is -2.62. The zero-order valence-corrected chi connectivity index (χ0v) is 16.3. The first-order chi connectivity index (χ1) is 13.5. The van der Waals surface area contributed by atoms with E-state index >= 15 is 0 Å². The molecule has 2 rings (SSSR count). The average Bonchev–Trinajstić information content (AvgIpc) is 2.65. The summed E-state index contributed by atoms with van der Waals surface area (Å²) in [6.07, 6.45) is -4.17. The fourth-order valence-corrected chi connectivity index (χ4v) is 3.62. The number of sulfone groups is 1. The molecule has 5 nitrogen and oxygen atoms in total. The molecule has 0 aliphatic heterocycles. The molecular weight excluding hydrogens is 414 g/mol. The van der Waals surface area contributed by atoms with Crippen LogP contribution >= 0.6 is 0 Å². The first kappa shape index (κ1) is 22.7. The van der Waals surface area contributed by atoms with Crippen molar-refractivity contribution >= 4 is 15.7 Å². The highest BCUT2D eigenvalue weighted by atomic mass is 32.2. The lowest BCUT2D eigenvalue weighted by Gasteiger charge is -2.17. The van der Waals surface area contributed by atoms with Crippen LogP contribution < -0.4 is 4.74 Å². The number of benzene rings is 2. The topological polar surface area (TPSA) is 63.7 Å². The van der Waals surface area contributed by atoms with Crippen molar-refractivity contribution < 1.29 is 35.5 Å². The monoisotopic (exact) mass is 433 g/mol. The number of rotatable bonds is 8. The zero-order valence-electron chi connectivity index (χ0n) is 15.4. The van der Waals surface area contributed by atoms with Gasteiger partial charge in [0.05, 0.1) is 17.1 Å². The number of ether oxygens (including phenoxy) is 1. The van der Waals surface area contributed by atoms with E-state index < -0.39 is 39.1 Å². The second kappa shape index (κ2) is 9.25. The van der Waals surface area contributed by atoms with Crippen LogP contribution in [0.15, 0.2) is 53.4 Å². The number of alkyl halides is 3. The maximum Gasteiger partial charge on any atom is 0.416 e. The van der Waals surface area contributed by atoms with Gasteiger partial charge in [-0.2, -0.15) is 13.2 Å². The van der Waals surface area contributed by atoms with Gasteiger partial charge in [0, 0.05) is 13.6 Å². The highest BCUT2D eigenvalue weighted by Crippen LogP contribution is 2.29. The molecule has 2 aromatic carbocycles. The van der Waals surface area contributed by atoms with Crippen LogP contribution in [-0.2, 0) is 20.8 Å². The van der Waals surface area contributed by atoms with Gasteiger partial charge >= 0.3 is 6.18 Å². The minimum absolute atomic E-state index is 0.211. The van der Waals surface area contributed by atoms with Crippen LogP contribution in [0.25, 0.3) is 0 Å². The number of hydrogen-bond acceptors (Lipinski definition) is 4. The molecular formula is C19H19F4NO4S. The van der Waals surface area contributed by atoms with E-state index in [0.29, 0.717) is 24.3 Å². The lowest BCUT2D eigenvalue weighted by Crippen LogP contribution is -2.33. The van der Waals surface area contributed by atoms with Gasteiger partial charge in [-0.1, -0.05) is 0 Å². The van der Waals surface area contributed by atoms with Crippen molar-refractivity contribution in [1.29, 1.82) is 0 Å². The summed E-state index contributed by atoms with van der Waals surface area (Å²) < 4.78 is 80.4. The highest BCUT2D eigenvalue weighted by molar-refractivity contribution is 7.92. The van der Waals surface area contributed by atoms with Gasteiger partial charge in [-0.05, 0) is 55.0 Å². The Kier molecular flexibility index (Phi) is 7.23. The lowest BCUT2D eigenvalue weighted by molar-refractivity contribution is -0.137. The van der Waals surface area contributed by atoms with E-state index in [4.69, 9.17) is 4.74 Å². The highest BCUT2D eigenvalue weighted by Gasteiger charge is 2.31. The molecule has 0 heterocycles. The largest absolute Gasteiger partial charge is 0.494 e. The Balaban J connectivity index is 1.85. The molecule has 29 heavy (non-hydrogen) atoms. The second-order valence-corrected chi connectivity index (χ2v) is 8.24. The molecule has 0 fully saturated rings. The van der Waals surface area contributed by atoms with Crippen molar-refractivity contribution in [1.82, 2.24) is 4.90 Å². The van der Waals surface area contributed by atoms with Crippen LogP contribution in [0.2, 0.25) is 0 Å². The molecule has 10 heteroatoms. The predicted octanol–water partition coefficient (Wildman–Crippen LogP) is 3.55. The van der Waals surface area contributed by atoms with Crippen molar-refractivity contribution in [2.75, 3.05) is 26.0 Å². The fourth-order valence-electron chi connectivity index (χ4n) is 2.35. The van der Waals surface area contributed by atoms with E-state index in [-0.39, 0.29) is 18.0 Å². The summed E-state index contributed by atoms with van der Waals surface area (Å²) in [5.74, 6) is -1.47. The van der Waals surface area contributed by atoms with E-state index in [1.807, 2.05) is 0 Å². The second-order valence-electron chi connectivity index (χ2n) is 6.25. The Labute approximate surface area is 165 Å². The molecule has 158 valence electrons. The fraction of sp³-hybridized carbons (Fsp3) is 0.316. The summed E-state index contributed by atoms with van der Waals surface area (Å²) in [4.78, 5) is 13.0. The Morgan fingerprint density at radius 3 is 2.17 bits per heavy atom. The summed E-state index contributed by atoms with van der Waals surface area (Å²) >= 11 is 0. The molecule has 0 aliphatic rings. The van der Waals surface area contributed by atoms with Gasteiger partial charge in [-0.25, -0.2) is 12.8 Å². The van der Waals surface area contributed by atoms with Crippen LogP contribution in [0, 0.1) is 5.82 Å². The van der Waals surface area contributed by atoms with Crippen molar-refractivity contribution in [3.63, 3.8) is 0 Å². The minimum Gasteiger partial charge on any atom is -0.494 e. The SMILES string of the molecule is CN(CCCOc1ccc(F)cc1)C(=O)CS(=O)(=O)c1ccc(C(F)(F)F)cc1. The summed E-state index contributed by atoms with van der Waals surface area (Å²) in [5, 5.41) is 0. The summed E-state index contributed by atoms with van der Waals surface area (Å²) in [6.45, 7) is 0.442. The quantitative estimate of drug-likeness (QED) is 0.472. The van der Waals surface area contributed by atoms with Crippen LogP contribution in [0.4, 0.5) is 17.6 Å². The standard InChI is InChI=1S/C19H19F4NO4S/c1-24(11-2-12-28-16-7-5-15(20)6-8-16)18(25)13-29(26,27)17-9-3-14(4-10-17)19(21,22)23/h3-10H,2,11-13H2,1H3. The third-order valence-electron chi connectivity index (χ3n) is 4.00. The molecule has 0 radical (unpaired) electrons. The number of nitrogens with zero attached hydrogens (tertiary/aromatic N) is 1. The van der Waals surface area contributed by atoms with E-state index in [0.717, 1.165) is 12.1 Å². The molecule has 0 bridgehead atoms. The van der Waals surface area contributed by atoms with Gasteiger partial charge in [-0.15, -0.1) is 0 Å². The Morgan fingerprint density at radius 2 is 1.62 bits per heavy atom. The molecule has 0 unspecified atom stereocenters. The maximum absolute atomic E-state index is 12.8. The third-order valence-corrected chi connectivity index (χ3v) is 5.62. The van der Waals surface area contributed by atoms with Crippen LogP contribution in [0.1, 0.15) is 12.0 Å². The van der Waals surface area contributed by atoms with Crippen molar-refractivity contribution in [3.05, 3.63) is 59.9 Å². The summed E-state index contributed by atoms with van der Waals surface area (Å²) in [5.41, 5.74) is -0.971. The van der Waals surface area contributed by atoms with E-state index in [9.17, 15) is 30.8 Å². The summed E-state index contributed by atoms with van der Waals surface area (Å²) in [6, 6.07) is 8.40. The number of amides is 1. The zero-order chi connectivity index (χ0) is 21.7. The van der Waals surface area contributed by atoms with Crippen molar-refractivity contribution in [2.24, 2.45) is 0 Å². The molecule has 1 amide bonds. The molecule has 0 spiro atoms.